The Kier molecular flexibility index (Phi) is 7.05. The van der Waals surface area contributed by atoms with Crippen molar-refractivity contribution < 1.29 is 17.6 Å². The van der Waals surface area contributed by atoms with Crippen LogP contribution in [0.5, 0.6) is 0 Å². The van der Waals surface area contributed by atoms with E-state index in [1.165, 1.54) is 16.4 Å². The number of nitriles is 1. The zero-order valence-electron chi connectivity index (χ0n) is 22.3. The van der Waals surface area contributed by atoms with Crippen LogP contribution in [0, 0.1) is 23.1 Å². The van der Waals surface area contributed by atoms with Crippen molar-refractivity contribution in [3.63, 3.8) is 0 Å². The highest BCUT2D eigenvalue weighted by Crippen LogP contribution is 2.60. The van der Waals surface area contributed by atoms with Crippen molar-refractivity contribution >= 4 is 33.2 Å². The Morgan fingerprint density at radius 1 is 1.12 bits per heavy atom. The summed E-state index contributed by atoms with van der Waals surface area (Å²) >= 11 is 6.56. The van der Waals surface area contributed by atoms with Gasteiger partial charge in [-0.05, 0) is 97.7 Å². The molecule has 3 aromatic rings. The van der Waals surface area contributed by atoms with E-state index in [0.29, 0.717) is 42.1 Å². The van der Waals surface area contributed by atoms with E-state index in [9.17, 15) is 22.9 Å². The highest BCUT2D eigenvalue weighted by atomic mass is 35.5. The van der Waals surface area contributed by atoms with E-state index in [2.05, 4.69) is 11.0 Å². The van der Waals surface area contributed by atoms with Gasteiger partial charge in [0.1, 0.15) is 5.82 Å². The molecule has 0 bridgehead atoms. The fourth-order valence-corrected chi connectivity index (χ4v) is 8.99. The Morgan fingerprint density at radius 3 is 2.51 bits per heavy atom. The molecule has 3 aromatic carbocycles. The Labute approximate surface area is 244 Å². The average Bonchev–Trinajstić information content (AvgIpc) is 3.75. The van der Waals surface area contributed by atoms with Gasteiger partial charge in [0.05, 0.1) is 29.2 Å². The first-order valence-corrected chi connectivity index (χ1v) is 15.6. The summed E-state index contributed by atoms with van der Waals surface area (Å²) in [6.45, 7) is 0.821. The molecular weight excluding hydrogens is 563 g/mol. The Bertz CT molecular complexity index is 1650. The number of likely N-dealkylation sites (tertiary alicyclic amines) is 1. The third kappa shape index (κ3) is 4.78. The molecule has 1 saturated heterocycles. The number of fused-ring (bicyclic) bond motifs is 2. The molecule has 41 heavy (non-hydrogen) atoms. The fraction of sp³-hybridized carbons (Fsp3) is 0.355. The number of amides is 1. The van der Waals surface area contributed by atoms with E-state index < -0.39 is 33.2 Å². The van der Waals surface area contributed by atoms with Crippen LogP contribution in [-0.4, -0.2) is 44.4 Å². The van der Waals surface area contributed by atoms with E-state index in [0.717, 1.165) is 36.1 Å². The molecule has 1 amide bonds. The molecule has 3 unspecified atom stereocenters. The molecule has 1 saturated carbocycles. The molecule has 0 aromatic heterocycles. The number of piperidine rings is 1. The number of carbonyl (C=O) groups is 1. The minimum Gasteiger partial charge on any atom is -0.366 e. The minimum absolute atomic E-state index is 0.0149. The maximum absolute atomic E-state index is 14.3. The predicted octanol–water partition coefficient (Wildman–Crippen LogP) is 5.03. The molecule has 2 fully saturated rings. The van der Waals surface area contributed by atoms with Crippen molar-refractivity contribution in [3.8, 4) is 6.07 Å². The average molecular weight is 593 g/mol. The van der Waals surface area contributed by atoms with Crippen molar-refractivity contribution in [1.29, 1.82) is 5.26 Å². The van der Waals surface area contributed by atoms with Crippen LogP contribution in [0.25, 0.3) is 0 Å². The van der Waals surface area contributed by atoms with Gasteiger partial charge in [0, 0.05) is 28.6 Å². The normalized spacial score (nSPS) is 24.3. The smallest absolute Gasteiger partial charge is 0.264 e. The number of hydrogen-bond acceptors (Lipinski definition) is 5. The number of rotatable bonds is 7. The zero-order valence-corrected chi connectivity index (χ0v) is 23.9. The molecule has 10 heteroatoms. The van der Waals surface area contributed by atoms with E-state index in [1.807, 2.05) is 24.3 Å². The highest BCUT2D eigenvalue weighted by Gasteiger charge is 2.61. The van der Waals surface area contributed by atoms with Crippen LogP contribution in [-0.2, 0) is 21.9 Å². The Hall–Kier alpha value is -3.45. The first-order valence-electron chi connectivity index (χ1n) is 13.7. The molecule has 3 atom stereocenters. The monoisotopic (exact) mass is 592 g/mol. The molecular formula is C31H30ClFN4O3S. The lowest BCUT2D eigenvalue weighted by Gasteiger charge is -2.48. The van der Waals surface area contributed by atoms with Crippen molar-refractivity contribution in [2.45, 2.75) is 54.5 Å². The van der Waals surface area contributed by atoms with E-state index >= 15 is 0 Å². The van der Waals surface area contributed by atoms with Crippen LogP contribution >= 0.6 is 11.6 Å². The van der Waals surface area contributed by atoms with Crippen LogP contribution in [0.1, 0.15) is 47.2 Å². The summed E-state index contributed by atoms with van der Waals surface area (Å²) in [5.74, 6) is -0.974. The lowest BCUT2D eigenvalue weighted by molar-refractivity contribution is 0.0912. The van der Waals surface area contributed by atoms with Gasteiger partial charge in [0.15, 0.2) is 0 Å². The molecule has 1 aliphatic carbocycles. The Morgan fingerprint density at radius 2 is 1.85 bits per heavy atom. The highest BCUT2D eigenvalue weighted by molar-refractivity contribution is 7.92. The van der Waals surface area contributed by atoms with E-state index in [1.54, 1.807) is 18.2 Å². The molecule has 6 rings (SSSR count). The molecule has 2 heterocycles. The molecule has 1 spiro atoms. The van der Waals surface area contributed by atoms with Crippen molar-refractivity contribution in [2.24, 2.45) is 11.7 Å². The van der Waals surface area contributed by atoms with Gasteiger partial charge in [-0.15, -0.1) is 0 Å². The van der Waals surface area contributed by atoms with Crippen molar-refractivity contribution in [2.75, 3.05) is 17.4 Å². The lowest BCUT2D eigenvalue weighted by Crippen LogP contribution is -2.57. The quantitative estimate of drug-likeness (QED) is 0.387. The number of nitrogens with two attached hydrogens (primary N) is 1. The van der Waals surface area contributed by atoms with Crippen LogP contribution in [0.3, 0.4) is 0 Å². The van der Waals surface area contributed by atoms with Gasteiger partial charge in [0.2, 0.25) is 5.91 Å². The molecule has 7 nitrogen and oxygen atoms in total. The first-order chi connectivity index (χ1) is 19.7. The number of sulfonamides is 1. The second-order valence-corrected chi connectivity index (χ2v) is 13.5. The maximum Gasteiger partial charge on any atom is 0.264 e. The van der Waals surface area contributed by atoms with Gasteiger partial charge in [-0.25, -0.2) is 12.8 Å². The largest absolute Gasteiger partial charge is 0.366 e. The summed E-state index contributed by atoms with van der Waals surface area (Å²) in [5, 5.41) is 10.3. The predicted molar refractivity (Wildman–Crippen MR) is 155 cm³/mol. The number of carbonyl (C=O) groups excluding carboxylic acids is 1. The minimum atomic E-state index is -4.07. The summed E-state index contributed by atoms with van der Waals surface area (Å²) in [7, 11) is -4.07. The molecule has 2 aliphatic heterocycles. The van der Waals surface area contributed by atoms with Gasteiger partial charge >= 0.3 is 0 Å². The Balaban J connectivity index is 1.51. The van der Waals surface area contributed by atoms with E-state index in [-0.39, 0.29) is 23.4 Å². The number of anilines is 1. The van der Waals surface area contributed by atoms with Crippen LogP contribution in [0.4, 0.5) is 10.1 Å². The third-order valence-electron chi connectivity index (χ3n) is 8.96. The van der Waals surface area contributed by atoms with Gasteiger partial charge in [0.25, 0.3) is 10.0 Å². The first kappa shape index (κ1) is 27.7. The maximum atomic E-state index is 14.3. The summed E-state index contributed by atoms with van der Waals surface area (Å²) < 4.78 is 43.9. The molecule has 212 valence electrons. The van der Waals surface area contributed by atoms with Crippen LogP contribution < -0.4 is 10.0 Å². The van der Waals surface area contributed by atoms with Crippen molar-refractivity contribution in [1.82, 2.24) is 4.90 Å². The number of benzene rings is 3. The van der Waals surface area contributed by atoms with Gasteiger partial charge < -0.3 is 5.73 Å². The van der Waals surface area contributed by atoms with Gasteiger partial charge in [-0.1, -0.05) is 29.8 Å². The van der Waals surface area contributed by atoms with Crippen LogP contribution in [0.15, 0.2) is 71.6 Å². The lowest BCUT2D eigenvalue weighted by atomic mass is 9.65. The van der Waals surface area contributed by atoms with Gasteiger partial charge in [-0.2, -0.15) is 5.26 Å². The summed E-state index contributed by atoms with van der Waals surface area (Å²) in [5.41, 5.74) is 7.68. The number of primary amides is 1. The molecule has 2 N–H and O–H groups in total. The van der Waals surface area contributed by atoms with Crippen molar-refractivity contribution in [3.05, 3.63) is 94.3 Å². The summed E-state index contributed by atoms with van der Waals surface area (Å²) in [4.78, 5) is 14.5. The van der Waals surface area contributed by atoms with E-state index in [4.69, 9.17) is 17.3 Å². The van der Waals surface area contributed by atoms with Crippen LogP contribution in [0.2, 0.25) is 5.02 Å². The standard InChI is InChI=1S/C31H30ClFN4O3S/c32-27-4-2-1-3-21(27)17-24-19-31(13-15-36(24)16-14-34)26-18-22(30(35)38)7-12-28(26)37(29(31)20-5-6-20)41(39,40)25-10-8-23(33)9-11-25/h1-4,7-12,18,20,24,29H,5-6,13,15-17,19H2,(H2,35,38). The summed E-state index contributed by atoms with van der Waals surface area (Å²) in [6.07, 6.45) is 3.55. The summed E-state index contributed by atoms with van der Waals surface area (Å²) in [6, 6.07) is 19.4. The second-order valence-electron chi connectivity index (χ2n) is 11.3. The third-order valence-corrected chi connectivity index (χ3v) is 11.1. The fourth-order valence-electron chi connectivity index (χ4n) is 6.98. The molecule has 3 aliphatic rings. The number of halogens is 2. The molecule has 0 radical (unpaired) electrons. The number of nitrogens with zero attached hydrogens (tertiary/aromatic N) is 3. The second kappa shape index (κ2) is 10.4. The SMILES string of the molecule is N#CCN1CCC2(CC1Cc1ccccc1Cl)c1cc(C(N)=O)ccc1N(S(=O)(=O)c1ccc(F)cc1)C2C1CC1. The topological polar surface area (TPSA) is 108 Å². The van der Waals surface area contributed by atoms with Gasteiger partial charge in [-0.3, -0.25) is 14.0 Å². The number of hydrogen-bond donors (Lipinski definition) is 1. The zero-order chi connectivity index (χ0) is 28.9.